The van der Waals surface area contributed by atoms with E-state index in [1.165, 1.54) is 28.3 Å². The van der Waals surface area contributed by atoms with Crippen molar-refractivity contribution >= 4 is 17.2 Å². The molecule has 32 heavy (non-hydrogen) atoms. The van der Waals surface area contributed by atoms with E-state index >= 15 is 0 Å². The fraction of sp³-hybridized carbons (Fsp3) is 0.261. The van der Waals surface area contributed by atoms with E-state index in [4.69, 9.17) is 0 Å². The van der Waals surface area contributed by atoms with Crippen molar-refractivity contribution in [2.24, 2.45) is 0 Å². The number of carbonyl (C=O) groups is 1. The molecule has 1 aromatic carbocycles. The minimum Gasteiger partial charge on any atom is -0.333 e. The number of benzene rings is 1. The second-order valence-corrected chi connectivity index (χ2v) is 8.55. The number of hydrogen-bond donors (Lipinski definition) is 0. The van der Waals surface area contributed by atoms with Crippen LogP contribution in [0.25, 0.3) is 11.1 Å². The van der Waals surface area contributed by atoms with Crippen LogP contribution in [0.5, 0.6) is 0 Å². The molecule has 0 fully saturated rings. The maximum atomic E-state index is 13.8. The number of aryl methyl sites for hydroxylation is 1. The number of carbonyl (C=O) groups excluding carboxylic acids is 1. The molecular formula is C23H19F3N4OS. The highest BCUT2D eigenvalue weighted by Crippen LogP contribution is 2.44. The Morgan fingerprint density at radius 3 is 2.75 bits per heavy atom. The van der Waals surface area contributed by atoms with Crippen LogP contribution >= 0.6 is 11.3 Å². The van der Waals surface area contributed by atoms with Gasteiger partial charge >= 0.3 is 6.18 Å². The van der Waals surface area contributed by atoms with Crippen molar-refractivity contribution in [1.29, 1.82) is 5.26 Å². The number of thiophene rings is 1. The zero-order valence-corrected chi connectivity index (χ0v) is 18.0. The molecule has 0 spiro atoms. The van der Waals surface area contributed by atoms with Crippen LogP contribution in [0.15, 0.2) is 49.2 Å². The molecule has 5 nitrogen and oxygen atoms in total. The average Bonchev–Trinajstić information content (AvgIpc) is 3.41. The van der Waals surface area contributed by atoms with Crippen LogP contribution in [0.2, 0.25) is 0 Å². The van der Waals surface area contributed by atoms with Crippen molar-refractivity contribution in [3.05, 3.63) is 75.8 Å². The van der Waals surface area contributed by atoms with E-state index in [-0.39, 0.29) is 23.9 Å². The molecule has 3 aromatic rings. The van der Waals surface area contributed by atoms with Gasteiger partial charge in [0.1, 0.15) is 10.9 Å². The Morgan fingerprint density at radius 1 is 1.34 bits per heavy atom. The van der Waals surface area contributed by atoms with E-state index in [1.54, 1.807) is 42.2 Å². The van der Waals surface area contributed by atoms with Crippen molar-refractivity contribution < 1.29 is 18.0 Å². The normalized spacial score (nSPS) is 15.8. The molecule has 0 saturated carbocycles. The predicted molar refractivity (Wildman–Crippen MR) is 115 cm³/mol. The van der Waals surface area contributed by atoms with Gasteiger partial charge in [-0.05, 0) is 35.8 Å². The van der Waals surface area contributed by atoms with Gasteiger partial charge in [-0.2, -0.15) is 23.5 Å². The predicted octanol–water partition coefficient (Wildman–Crippen LogP) is 5.18. The summed E-state index contributed by atoms with van der Waals surface area (Å²) in [6, 6.07) is 10.8. The molecule has 0 radical (unpaired) electrons. The molecule has 9 heteroatoms. The van der Waals surface area contributed by atoms with Gasteiger partial charge in [-0.1, -0.05) is 30.8 Å². The van der Waals surface area contributed by atoms with Gasteiger partial charge in [0.2, 0.25) is 5.91 Å². The lowest BCUT2D eigenvalue weighted by Gasteiger charge is -2.33. The van der Waals surface area contributed by atoms with Crippen LogP contribution in [-0.4, -0.2) is 27.1 Å². The minimum absolute atomic E-state index is 0.000549. The highest BCUT2D eigenvalue weighted by molar-refractivity contribution is 7.12. The summed E-state index contributed by atoms with van der Waals surface area (Å²) in [6.07, 6.45) is -1.98. The summed E-state index contributed by atoms with van der Waals surface area (Å²) in [7, 11) is 0. The second kappa shape index (κ2) is 8.28. The van der Waals surface area contributed by atoms with Crippen molar-refractivity contribution in [3.63, 3.8) is 0 Å². The maximum absolute atomic E-state index is 13.8. The molecule has 1 aliphatic heterocycles. The lowest BCUT2D eigenvalue weighted by Crippen LogP contribution is -2.37. The Morgan fingerprint density at radius 2 is 2.09 bits per heavy atom. The Labute approximate surface area is 187 Å². The largest absolute Gasteiger partial charge is 0.435 e. The first kappa shape index (κ1) is 21.8. The van der Waals surface area contributed by atoms with Crippen LogP contribution in [0, 0.1) is 11.3 Å². The van der Waals surface area contributed by atoms with Gasteiger partial charge in [-0.15, -0.1) is 11.3 Å². The van der Waals surface area contributed by atoms with E-state index in [0.717, 1.165) is 10.4 Å². The lowest BCUT2D eigenvalue weighted by molar-refractivity contribution is -0.141. The molecule has 0 bridgehead atoms. The Bertz CT molecular complexity index is 1230. The Kier molecular flexibility index (Phi) is 5.65. The number of aromatic nitrogens is 2. The molecular weight excluding hydrogens is 437 g/mol. The van der Waals surface area contributed by atoms with Gasteiger partial charge in [-0.3, -0.25) is 9.48 Å². The lowest BCUT2D eigenvalue weighted by atomic mass is 9.83. The highest BCUT2D eigenvalue weighted by atomic mass is 32.1. The second-order valence-electron chi connectivity index (χ2n) is 7.41. The number of rotatable bonds is 4. The van der Waals surface area contributed by atoms with E-state index in [0.29, 0.717) is 29.1 Å². The van der Waals surface area contributed by atoms with E-state index in [1.807, 2.05) is 0 Å². The summed E-state index contributed by atoms with van der Waals surface area (Å²) < 4.78 is 42.6. The number of alkyl halides is 3. The van der Waals surface area contributed by atoms with E-state index < -0.39 is 11.9 Å². The molecule has 4 rings (SSSR count). The number of nitrogens with zero attached hydrogens (tertiary/aromatic N) is 4. The van der Waals surface area contributed by atoms with Crippen LogP contribution in [-0.2, 0) is 24.1 Å². The third-order valence-corrected chi connectivity index (χ3v) is 6.57. The molecule has 0 aliphatic carbocycles. The fourth-order valence-electron chi connectivity index (χ4n) is 4.07. The molecule has 1 amide bonds. The van der Waals surface area contributed by atoms with Crippen LogP contribution in [0.3, 0.4) is 0 Å². The summed E-state index contributed by atoms with van der Waals surface area (Å²) in [6.45, 7) is 6.20. The fourth-order valence-corrected chi connectivity index (χ4v) is 5.11. The van der Waals surface area contributed by atoms with Gasteiger partial charge < -0.3 is 4.90 Å². The monoisotopic (exact) mass is 456 g/mol. The van der Waals surface area contributed by atoms with Crippen molar-refractivity contribution in [1.82, 2.24) is 14.7 Å². The van der Waals surface area contributed by atoms with Gasteiger partial charge in [0.25, 0.3) is 0 Å². The molecule has 0 N–H and O–H groups in total. The van der Waals surface area contributed by atoms with E-state index in [2.05, 4.69) is 17.7 Å². The topological polar surface area (TPSA) is 61.9 Å². The standard InChI is InChI=1S/C23H19F3N4OS/c1-3-21(31)29-11-18(17-9-14(10-27)32-20(17)13-29)15-7-5-6-8-16(15)19-12-30(4-2)28-22(19)23(24,25)26/h3,5-9,12,18H,1,4,11,13H2,2H3/t18-/m0/s1. The molecule has 0 unspecified atom stereocenters. The number of amides is 1. The zero-order chi connectivity index (χ0) is 23.0. The van der Waals surface area contributed by atoms with Crippen LogP contribution in [0.4, 0.5) is 13.2 Å². The van der Waals surface area contributed by atoms with Crippen LogP contribution < -0.4 is 0 Å². The third kappa shape index (κ3) is 3.82. The number of nitriles is 1. The average molecular weight is 456 g/mol. The van der Waals surface area contributed by atoms with Gasteiger partial charge in [0, 0.05) is 35.6 Å². The van der Waals surface area contributed by atoms with Crippen molar-refractivity contribution in [2.75, 3.05) is 6.54 Å². The SMILES string of the molecule is C=CC(=O)N1Cc2sc(C#N)cc2[C@H](c2ccccc2-c2cn(CC)nc2C(F)(F)F)C1. The third-order valence-electron chi connectivity index (χ3n) is 5.53. The van der Waals surface area contributed by atoms with Gasteiger partial charge in [0.05, 0.1) is 6.54 Å². The summed E-state index contributed by atoms with van der Waals surface area (Å²) in [5.74, 6) is -0.650. The molecule has 3 heterocycles. The number of halogens is 3. The molecule has 1 atom stereocenters. The Balaban J connectivity index is 1.91. The van der Waals surface area contributed by atoms with Crippen molar-refractivity contribution in [3.8, 4) is 17.2 Å². The van der Waals surface area contributed by atoms with Gasteiger partial charge in [-0.25, -0.2) is 0 Å². The molecule has 164 valence electrons. The highest BCUT2D eigenvalue weighted by Gasteiger charge is 2.39. The van der Waals surface area contributed by atoms with Crippen molar-refractivity contribution in [2.45, 2.75) is 32.1 Å². The summed E-state index contributed by atoms with van der Waals surface area (Å²) in [5.41, 5.74) is 0.986. The summed E-state index contributed by atoms with van der Waals surface area (Å²) >= 11 is 1.30. The minimum atomic E-state index is -4.61. The first-order chi connectivity index (χ1) is 15.3. The van der Waals surface area contributed by atoms with Gasteiger partial charge in [0.15, 0.2) is 5.69 Å². The summed E-state index contributed by atoms with van der Waals surface area (Å²) in [4.78, 5) is 15.4. The van der Waals surface area contributed by atoms with E-state index in [9.17, 15) is 23.2 Å². The zero-order valence-electron chi connectivity index (χ0n) is 17.2. The first-order valence-electron chi connectivity index (χ1n) is 9.94. The molecule has 0 saturated heterocycles. The maximum Gasteiger partial charge on any atom is 0.435 e. The first-order valence-corrected chi connectivity index (χ1v) is 10.8. The Hall–Kier alpha value is -3.38. The number of fused-ring (bicyclic) bond motifs is 1. The quantitative estimate of drug-likeness (QED) is 0.508. The smallest absolute Gasteiger partial charge is 0.333 e. The van der Waals surface area contributed by atoms with Crippen LogP contribution in [0.1, 0.15) is 39.4 Å². The molecule has 2 aromatic heterocycles. The number of hydrogen-bond acceptors (Lipinski definition) is 4. The molecule has 1 aliphatic rings. The summed E-state index contributed by atoms with van der Waals surface area (Å²) in [5, 5.41) is 13.1.